The van der Waals surface area contributed by atoms with E-state index >= 15 is 0 Å². The molecule has 2 aromatic heterocycles. The number of ether oxygens (including phenoxy) is 1. The van der Waals surface area contributed by atoms with E-state index < -0.39 is 21.8 Å². The second-order valence-corrected chi connectivity index (χ2v) is 10.4. The number of hydrogen-bond donors (Lipinski definition) is 1. The molecule has 3 rings (SSSR count). The van der Waals surface area contributed by atoms with Crippen molar-refractivity contribution in [2.45, 2.75) is 58.1 Å². The molecule has 0 radical (unpaired) electrons. The molecule has 0 spiro atoms. The number of aromatic nitrogens is 3. The zero-order chi connectivity index (χ0) is 24.2. The van der Waals surface area contributed by atoms with Gasteiger partial charge in [0, 0.05) is 19.2 Å². The lowest BCUT2D eigenvalue weighted by Crippen LogP contribution is -2.33. The lowest BCUT2D eigenvalue weighted by molar-refractivity contribution is 0.0528. The normalized spacial score (nSPS) is 12.2. The summed E-state index contributed by atoms with van der Waals surface area (Å²) in [5.74, 6) is 0.662. The average Bonchev–Trinajstić information content (AvgIpc) is 3.03. The zero-order valence-electron chi connectivity index (χ0n) is 19.6. The maximum atomic E-state index is 12.5. The Bertz CT molecular complexity index is 1230. The summed E-state index contributed by atoms with van der Waals surface area (Å²) >= 11 is 0. The monoisotopic (exact) mass is 474 g/mol. The number of imidazole rings is 1. The van der Waals surface area contributed by atoms with Gasteiger partial charge in [-0.25, -0.2) is 14.8 Å². The molecule has 33 heavy (non-hydrogen) atoms. The molecule has 0 fully saturated rings. The number of aryl methyl sites for hydroxylation is 2. The van der Waals surface area contributed by atoms with Crippen molar-refractivity contribution in [2.75, 3.05) is 13.2 Å². The number of fused-ring (bicyclic) bond motifs is 1. The van der Waals surface area contributed by atoms with Gasteiger partial charge in [0.05, 0.1) is 18.0 Å². The summed E-state index contributed by atoms with van der Waals surface area (Å²) in [5.41, 5.74) is 2.67. The number of nitrogens with one attached hydrogen (secondary N) is 1. The van der Waals surface area contributed by atoms with Crippen LogP contribution in [0, 0.1) is 13.8 Å². The minimum absolute atomic E-state index is 0.0796. The molecule has 0 aliphatic rings. The fourth-order valence-corrected chi connectivity index (χ4v) is 4.09. The third kappa shape index (κ3) is 6.75. The average molecular weight is 475 g/mol. The van der Waals surface area contributed by atoms with Crippen molar-refractivity contribution in [1.29, 1.82) is 0 Å². The summed E-state index contributed by atoms with van der Waals surface area (Å²) in [7, 11) is -3.88. The van der Waals surface area contributed by atoms with Crippen molar-refractivity contribution >= 4 is 27.4 Å². The van der Waals surface area contributed by atoms with E-state index in [0.717, 1.165) is 11.1 Å². The maximum Gasteiger partial charge on any atom is 0.407 e. The van der Waals surface area contributed by atoms with Crippen LogP contribution in [0.25, 0.3) is 11.2 Å². The molecule has 1 N–H and O–H groups in total. The van der Waals surface area contributed by atoms with E-state index in [-0.39, 0.29) is 18.0 Å². The highest BCUT2D eigenvalue weighted by Crippen LogP contribution is 2.17. The molecule has 178 valence electrons. The standard InChI is InChI=1S/C23H30N4O5S/c1-16-6-8-18(9-7-16)33(29,30)31-13-12-27-20(10-11-24-22(28)32-23(3,4)5)26-19-14-17(2)15-25-21(19)27/h6-9,14-15H,10-13H2,1-5H3,(H,24,28). The largest absolute Gasteiger partial charge is 0.444 e. The minimum Gasteiger partial charge on any atom is -0.444 e. The minimum atomic E-state index is -3.88. The van der Waals surface area contributed by atoms with E-state index in [1.807, 2.05) is 24.5 Å². The molecular formula is C23H30N4O5S. The number of carbonyl (C=O) groups excluding carboxylic acids is 1. The number of carbonyl (C=O) groups is 1. The van der Waals surface area contributed by atoms with E-state index in [2.05, 4.69) is 15.3 Å². The van der Waals surface area contributed by atoms with E-state index in [9.17, 15) is 13.2 Å². The van der Waals surface area contributed by atoms with Gasteiger partial charge in [-0.05, 0) is 58.4 Å². The molecule has 0 aliphatic heterocycles. The first-order valence-corrected chi connectivity index (χ1v) is 12.1. The Labute approximate surface area is 194 Å². The van der Waals surface area contributed by atoms with Crippen molar-refractivity contribution in [3.05, 3.63) is 53.5 Å². The van der Waals surface area contributed by atoms with Crippen molar-refractivity contribution in [2.24, 2.45) is 0 Å². The summed E-state index contributed by atoms with van der Waals surface area (Å²) in [4.78, 5) is 21.1. The molecular weight excluding hydrogens is 444 g/mol. The molecule has 10 heteroatoms. The number of alkyl carbamates (subject to hydrolysis) is 1. The van der Waals surface area contributed by atoms with E-state index in [0.29, 0.717) is 30.0 Å². The summed E-state index contributed by atoms with van der Waals surface area (Å²) in [5, 5.41) is 2.71. The van der Waals surface area contributed by atoms with Gasteiger partial charge in [-0.1, -0.05) is 17.7 Å². The Kier molecular flexibility index (Phi) is 7.38. The number of nitrogens with zero attached hydrogens (tertiary/aromatic N) is 3. The van der Waals surface area contributed by atoms with Crippen LogP contribution in [0.2, 0.25) is 0 Å². The van der Waals surface area contributed by atoms with Crippen LogP contribution in [0.1, 0.15) is 37.7 Å². The van der Waals surface area contributed by atoms with Gasteiger partial charge >= 0.3 is 6.09 Å². The molecule has 9 nitrogen and oxygen atoms in total. The Morgan fingerprint density at radius 3 is 2.48 bits per heavy atom. The van der Waals surface area contributed by atoms with Gasteiger partial charge in [-0.2, -0.15) is 8.42 Å². The predicted molar refractivity (Wildman–Crippen MR) is 125 cm³/mol. The van der Waals surface area contributed by atoms with Gasteiger partial charge < -0.3 is 14.6 Å². The summed E-state index contributed by atoms with van der Waals surface area (Å²) < 4.78 is 37.3. The van der Waals surface area contributed by atoms with Crippen LogP contribution in [-0.2, 0) is 32.0 Å². The molecule has 0 unspecified atom stereocenters. The van der Waals surface area contributed by atoms with E-state index in [1.54, 1.807) is 39.1 Å². The predicted octanol–water partition coefficient (Wildman–Crippen LogP) is 3.52. The van der Waals surface area contributed by atoms with Gasteiger partial charge in [0.2, 0.25) is 0 Å². The fraction of sp³-hybridized carbons (Fsp3) is 0.435. The smallest absolute Gasteiger partial charge is 0.407 e. The number of pyridine rings is 1. The summed E-state index contributed by atoms with van der Waals surface area (Å²) in [6.07, 6.45) is 1.64. The molecule has 0 bridgehead atoms. The quantitative estimate of drug-likeness (QED) is 0.497. The number of rotatable bonds is 8. The SMILES string of the molecule is Cc1ccc(S(=O)(=O)OCCn2c(CCNC(=O)OC(C)(C)C)nc3cc(C)cnc32)cc1. The highest BCUT2D eigenvalue weighted by Gasteiger charge is 2.18. The second-order valence-electron chi connectivity index (χ2n) is 8.80. The zero-order valence-corrected chi connectivity index (χ0v) is 20.4. The van der Waals surface area contributed by atoms with Crippen LogP contribution in [0.3, 0.4) is 0 Å². The number of hydrogen-bond acceptors (Lipinski definition) is 7. The number of benzene rings is 1. The first-order chi connectivity index (χ1) is 15.4. The van der Waals surface area contributed by atoms with Crippen LogP contribution >= 0.6 is 0 Å². The van der Waals surface area contributed by atoms with Crippen molar-refractivity contribution in [1.82, 2.24) is 19.9 Å². The van der Waals surface area contributed by atoms with Crippen molar-refractivity contribution in [3.63, 3.8) is 0 Å². The van der Waals surface area contributed by atoms with Crippen LogP contribution in [0.15, 0.2) is 41.4 Å². The van der Waals surface area contributed by atoms with E-state index in [4.69, 9.17) is 8.92 Å². The molecule has 1 aromatic carbocycles. The Hall–Kier alpha value is -2.98. The topological polar surface area (TPSA) is 112 Å². The Balaban J connectivity index is 1.71. The lowest BCUT2D eigenvalue weighted by atomic mass is 10.2. The third-order valence-electron chi connectivity index (χ3n) is 4.68. The molecule has 0 saturated carbocycles. The molecule has 0 atom stereocenters. The van der Waals surface area contributed by atoms with Crippen molar-refractivity contribution in [3.8, 4) is 0 Å². The lowest BCUT2D eigenvalue weighted by Gasteiger charge is -2.19. The summed E-state index contributed by atoms with van der Waals surface area (Å²) in [6, 6.07) is 8.40. The molecule has 0 saturated heterocycles. The van der Waals surface area contributed by atoms with Crippen molar-refractivity contribution < 1.29 is 22.1 Å². The first-order valence-electron chi connectivity index (χ1n) is 10.7. The highest BCUT2D eigenvalue weighted by molar-refractivity contribution is 7.86. The molecule has 0 aliphatic carbocycles. The van der Waals surface area contributed by atoms with Crippen LogP contribution in [0.5, 0.6) is 0 Å². The Morgan fingerprint density at radius 2 is 1.82 bits per heavy atom. The Morgan fingerprint density at radius 1 is 1.12 bits per heavy atom. The third-order valence-corrected chi connectivity index (χ3v) is 6.01. The van der Waals surface area contributed by atoms with Gasteiger partial charge in [0.15, 0.2) is 5.65 Å². The van der Waals surface area contributed by atoms with Gasteiger partial charge in [0.25, 0.3) is 10.1 Å². The highest BCUT2D eigenvalue weighted by atomic mass is 32.2. The summed E-state index contributed by atoms with van der Waals surface area (Å²) in [6.45, 7) is 9.66. The van der Waals surface area contributed by atoms with Gasteiger partial charge in [-0.15, -0.1) is 0 Å². The van der Waals surface area contributed by atoms with E-state index in [1.165, 1.54) is 12.1 Å². The molecule has 1 amide bonds. The number of amides is 1. The molecule has 3 aromatic rings. The second kappa shape index (κ2) is 9.88. The van der Waals surface area contributed by atoms with Crippen LogP contribution in [0.4, 0.5) is 4.79 Å². The van der Waals surface area contributed by atoms with Gasteiger partial charge in [-0.3, -0.25) is 4.18 Å². The maximum absolute atomic E-state index is 12.5. The van der Waals surface area contributed by atoms with Crippen LogP contribution < -0.4 is 5.32 Å². The molecule has 2 heterocycles. The van der Waals surface area contributed by atoms with Gasteiger partial charge in [0.1, 0.15) is 16.9 Å². The van der Waals surface area contributed by atoms with Crippen LogP contribution in [-0.4, -0.2) is 47.8 Å². The first kappa shape index (κ1) is 24.7. The fourth-order valence-electron chi connectivity index (χ4n) is 3.19.